The van der Waals surface area contributed by atoms with Gasteiger partial charge in [-0.3, -0.25) is 4.79 Å². The number of allylic oxidation sites excluding steroid dienone is 4. The summed E-state index contributed by atoms with van der Waals surface area (Å²) in [7, 11) is 0. The highest BCUT2D eigenvalue weighted by molar-refractivity contribution is 5.76. The molecule has 0 rings (SSSR count). The molecule has 0 saturated carbocycles. The van der Waals surface area contributed by atoms with Gasteiger partial charge in [0.2, 0.25) is 5.91 Å². The van der Waals surface area contributed by atoms with Crippen LogP contribution in [0.3, 0.4) is 0 Å². The number of carbonyl (C=O) groups excluding carboxylic acids is 1. The van der Waals surface area contributed by atoms with E-state index in [1.54, 1.807) is 0 Å². The average Bonchev–Trinajstić information content (AvgIpc) is 3.24. The normalized spacial score (nSPS) is 13.5. The van der Waals surface area contributed by atoms with Gasteiger partial charge in [0.25, 0.3) is 0 Å². The van der Waals surface area contributed by atoms with E-state index in [0.29, 0.717) is 12.8 Å². The molecule has 0 saturated heterocycles. The Morgan fingerprint density at radius 1 is 0.424 bits per heavy atom. The maximum atomic E-state index is 12.5. The van der Waals surface area contributed by atoms with Crippen LogP contribution in [0.25, 0.3) is 0 Å². The second kappa shape index (κ2) is 49.5. The third-order valence-corrected chi connectivity index (χ3v) is 12.6. The SMILES string of the molecule is CCCCCCCCCCC/C=C\C/C=C\CCCCCCCCCCCCCCCC(=O)NC(CO)C(O)C(O)CCCCCCCCCCCCCCCCCC. The predicted octanol–water partition coefficient (Wildman–Crippen LogP) is 16.1. The molecule has 0 bridgehead atoms. The fraction of sp³-hybridized carbons (Fsp3) is 0.907. The minimum absolute atomic E-state index is 0.142. The quantitative estimate of drug-likeness (QED) is 0.0363. The molecule has 0 aromatic heterocycles. The number of aliphatic hydroxyl groups excluding tert-OH is 3. The summed E-state index contributed by atoms with van der Waals surface area (Å²) in [4.78, 5) is 12.5. The van der Waals surface area contributed by atoms with Gasteiger partial charge in [-0.1, -0.05) is 263 Å². The summed E-state index contributed by atoms with van der Waals surface area (Å²) in [5, 5.41) is 33.7. The molecule has 3 atom stereocenters. The summed E-state index contributed by atoms with van der Waals surface area (Å²) < 4.78 is 0. The smallest absolute Gasteiger partial charge is 0.220 e. The highest BCUT2D eigenvalue weighted by Gasteiger charge is 2.26. The van der Waals surface area contributed by atoms with E-state index in [2.05, 4.69) is 43.5 Å². The van der Waals surface area contributed by atoms with Crippen LogP contribution in [0, 0.1) is 0 Å². The van der Waals surface area contributed by atoms with Gasteiger partial charge in [-0.2, -0.15) is 0 Å². The fourth-order valence-electron chi connectivity index (χ4n) is 8.43. The lowest BCUT2D eigenvalue weighted by Crippen LogP contribution is -2.50. The summed E-state index contributed by atoms with van der Waals surface area (Å²) in [5.41, 5.74) is 0. The highest BCUT2D eigenvalue weighted by atomic mass is 16.3. The Morgan fingerprint density at radius 2 is 0.729 bits per heavy atom. The van der Waals surface area contributed by atoms with Crippen molar-refractivity contribution in [3.05, 3.63) is 24.3 Å². The van der Waals surface area contributed by atoms with Crippen molar-refractivity contribution in [1.82, 2.24) is 5.32 Å². The molecule has 59 heavy (non-hydrogen) atoms. The molecule has 0 aliphatic carbocycles. The molecule has 5 nitrogen and oxygen atoms in total. The van der Waals surface area contributed by atoms with E-state index in [1.807, 2.05) is 0 Å². The molecule has 4 N–H and O–H groups in total. The number of aliphatic hydroxyl groups is 3. The van der Waals surface area contributed by atoms with Crippen LogP contribution in [0.5, 0.6) is 0 Å². The van der Waals surface area contributed by atoms with E-state index in [9.17, 15) is 20.1 Å². The lowest BCUT2D eigenvalue weighted by molar-refractivity contribution is -0.124. The summed E-state index contributed by atoms with van der Waals surface area (Å²) in [6.07, 6.45) is 61.7. The van der Waals surface area contributed by atoms with Gasteiger partial charge in [-0.15, -0.1) is 0 Å². The van der Waals surface area contributed by atoms with Crippen molar-refractivity contribution in [2.24, 2.45) is 0 Å². The van der Waals surface area contributed by atoms with Gasteiger partial charge in [-0.05, 0) is 44.9 Å². The van der Waals surface area contributed by atoms with Crippen LogP contribution in [0.4, 0.5) is 0 Å². The molecule has 0 fully saturated rings. The Labute approximate surface area is 369 Å². The van der Waals surface area contributed by atoms with Crippen LogP contribution in [0.2, 0.25) is 0 Å². The molecule has 0 aliphatic rings. The Morgan fingerprint density at radius 3 is 1.07 bits per heavy atom. The molecule has 0 aromatic carbocycles. The van der Waals surface area contributed by atoms with E-state index in [-0.39, 0.29) is 12.5 Å². The molecule has 1 amide bonds. The topological polar surface area (TPSA) is 89.8 Å². The standard InChI is InChI=1S/C54H105NO4/c1-3-5-7-9-11-13-15-17-19-21-22-23-24-25-26-27-28-29-30-31-32-33-35-37-39-41-43-45-47-49-53(58)55-51(50-56)54(59)52(57)48-46-44-42-40-38-36-34-20-18-16-14-12-10-8-6-4-2/h22-23,25-26,51-52,54,56-57,59H,3-21,24,27-50H2,1-2H3,(H,55,58)/b23-22-,26-25-. The molecule has 0 aliphatic heterocycles. The Bertz CT molecular complexity index is 874. The zero-order chi connectivity index (χ0) is 43.0. The third kappa shape index (κ3) is 44.7. The maximum absolute atomic E-state index is 12.5. The molecular formula is C54H105NO4. The van der Waals surface area contributed by atoms with Crippen LogP contribution in [0.15, 0.2) is 24.3 Å². The van der Waals surface area contributed by atoms with Crippen molar-refractivity contribution in [1.29, 1.82) is 0 Å². The lowest BCUT2D eigenvalue weighted by Gasteiger charge is -2.26. The Balaban J connectivity index is 3.53. The predicted molar refractivity (Wildman–Crippen MR) is 259 cm³/mol. The van der Waals surface area contributed by atoms with Gasteiger partial charge in [0.15, 0.2) is 0 Å². The summed E-state index contributed by atoms with van der Waals surface area (Å²) in [6, 6.07) is -0.808. The molecule has 0 spiro atoms. The Hall–Kier alpha value is -1.17. The molecule has 0 heterocycles. The number of hydrogen-bond donors (Lipinski definition) is 4. The van der Waals surface area contributed by atoms with Gasteiger partial charge >= 0.3 is 0 Å². The van der Waals surface area contributed by atoms with E-state index in [1.165, 1.54) is 218 Å². The summed E-state index contributed by atoms with van der Waals surface area (Å²) in [6.45, 7) is 4.20. The van der Waals surface area contributed by atoms with Crippen molar-refractivity contribution in [3.63, 3.8) is 0 Å². The zero-order valence-electron chi connectivity index (χ0n) is 39.9. The van der Waals surface area contributed by atoms with Gasteiger partial charge in [-0.25, -0.2) is 0 Å². The number of carbonyl (C=O) groups is 1. The molecule has 350 valence electrons. The number of nitrogens with one attached hydrogen (secondary N) is 1. The number of amides is 1. The first-order valence-electron chi connectivity index (χ1n) is 26.6. The van der Waals surface area contributed by atoms with Gasteiger partial charge in [0, 0.05) is 6.42 Å². The lowest BCUT2D eigenvalue weighted by atomic mass is 9.99. The number of unbranched alkanes of at least 4 members (excludes halogenated alkanes) is 37. The average molecular weight is 832 g/mol. The molecule has 3 unspecified atom stereocenters. The summed E-state index contributed by atoms with van der Waals surface area (Å²) in [5.74, 6) is -0.142. The van der Waals surface area contributed by atoms with E-state index in [4.69, 9.17) is 0 Å². The van der Waals surface area contributed by atoms with Gasteiger partial charge in [0.05, 0.1) is 18.8 Å². The monoisotopic (exact) mass is 832 g/mol. The molecule has 0 aromatic rings. The van der Waals surface area contributed by atoms with Crippen LogP contribution in [0.1, 0.15) is 290 Å². The first-order valence-corrected chi connectivity index (χ1v) is 26.6. The van der Waals surface area contributed by atoms with Crippen molar-refractivity contribution in [2.75, 3.05) is 6.61 Å². The minimum Gasteiger partial charge on any atom is -0.394 e. The van der Waals surface area contributed by atoms with Crippen molar-refractivity contribution < 1.29 is 20.1 Å². The third-order valence-electron chi connectivity index (χ3n) is 12.6. The van der Waals surface area contributed by atoms with Crippen molar-refractivity contribution in [3.8, 4) is 0 Å². The van der Waals surface area contributed by atoms with E-state index >= 15 is 0 Å². The highest BCUT2D eigenvalue weighted by Crippen LogP contribution is 2.17. The second-order valence-corrected chi connectivity index (χ2v) is 18.4. The largest absolute Gasteiger partial charge is 0.394 e. The zero-order valence-corrected chi connectivity index (χ0v) is 39.9. The first-order chi connectivity index (χ1) is 29.1. The molecular weight excluding hydrogens is 727 g/mol. The van der Waals surface area contributed by atoms with E-state index < -0.39 is 18.2 Å². The fourth-order valence-corrected chi connectivity index (χ4v) is 8.43. The maximum Gasteiger partial charge on any atom is 0.220 e. The van der Waals surface area contributed by atoms with Crippen LogP contribution >= 0.6 is 0 Å². The minimum atomic E-state index is -1.13. The van der Waals surface area contributed by atoms with Crippen LogP contribution in [-0.2, 0) is 4.79 Å². The number of hydrogen-bond acceptors (Lipinski definition) is 4. The van der Waals surface area contributed by atoms with Crippen LogP contribution < -0.4 is 5.32 Å². The second-order valence-electron chi connectivity index (χ2n) is 18.4. The van der Waals surface area contributed by atoms with Gasteiger partial charge in [0.1, 0.15) is 6.10 Å². The Kier molecular flexibility index (Phi) is 48.5. The van der Waals surface area contributed by atoms with Gasteiger partial charge < -0.3 is 20.6 Å². The molecule has 0 radical (unpaired) electrons. The van der Waals surface area contributed by atoms with Crippen molar-refractivity contribution in [2.45, 2.75) is 308 Å². The van der Waals surface area contributed by atoms with Crippen LogP contribution in [-0.4, -0.2) is 46.1 Å². The number of rotatable bonds is 49. The summed E-state index contributed by atoms with van der Waals surface area (Å²) >= 11 is 0. The van der Waals surface area contributed by atoms with E-state index in [0.717, 1.165) is 44.9 Å². The molecule has 5 heteroatoms. The van der Waals surface area contributed by atoms with Crippen molar-refractivity contribution >= 4 is 5.91 Å². The first kappa shape index (κ1) is 57.8.